The molecule has 30 heavy (non-hydrogen) atoms. The molecule has 0 saturated carbocycles. The molecule has 1 atom stereocenters. The van der Waals surface area contributed by atoms with Crippen LogP contribution in [0.5, 0.6) is 23.0 Å². The van der Waals surface area contributed by atoms with E-state index in [-0.39, 0.29) is 0 Å². The Kier molecular flexibility index (Phi) is 8.80. The lowest BCUT2D eigenvalue weighted by Gasteiger charge is -2.16. The summed E-state index contributed by atoms with van der Waals surface area (Å²) < 4.78 is 21.9. The van der Waals surface area contributed by atoms with Crippen LogP contribution in [0.2, 0.25) is 0 Å². The smallest absolute Gasteiger partial charge is 0.279 e. The van der Waals surface area contributed by atoms with Gasteiger partial charge in [0.05, 0.1) is 19.8 Å². The van der Waals surface area contributed by atoms with Gasteiger partial charge in [-0.15, -0.1) is 0 Å². The van der Waals surface area contributed by atoms with Crippen molar-refractivity contribution in [2.24, 2.45) is 0 Å². The maximum absolute atomic E-state index is 12.4. The molecule has 0 saturated heterocycles. The van der Waals surface area contributed by atoms with E-state index in [9.17, 15) is 9.59 Å². The summed E-state index contributed by atoms with van der Waals surface area (Å²) >= 11 is 0. The molecule has 0 aliphatic rings. The van der Waals surface area contributed by atoms with Gasteiger partial charge >= 0.3 is 0 Å². The SMILES string of the molecule is CCOc1ccc(OC(C)C(=O)NNC(=O)c2ccc(OCC)c(OCC)c2)cc1. The van der Waals surface area contributed by atoms with E-state index in [1.165, 1.54) is 0 Å². The summed E-state index contributed by atoms with van der Waals surface area (Å²) in [6, 6.07) is 11.7. The first kappa shape index (κ1) is 22.9. The van der Waals surface area contributed by atoms with Crippen LogP contribution in [0.4, 0.5) is 0 Å². The molecule has 0 bridgehead atoms. The third kappa shape index (κ3) is 6.58. The number of carbonyl (C=O) groups is 2. The molecule has 0 radical (unpaired) electrons. The van der Waals surface area contributed by atoms with Crippen molar-refractivity contribution in [1.29, 1.82) is 0 Å². The maximum atomic E-state index is 12.4. The van der Waals surface area contributed by atoms with E-state index in [1.807, 2.05) is 20.8 Å². The zero-order chi connectivity index (χ0) is 21.9. The summed E-state index contributed by atoms with van der Waals surface area (Å²) in [5, 5.41) is 0. The Bertz CT molecular complexity index is 838. The Morgan fingerprint density at radius 2 is 1.40 bits per heavy atom. The number of amides is 2. The molecule has 0 fully saturated rings. The number of hydrogen-bond donors (Lipinski definition) is 2. The number of hydrogen-bond acceptors (Lipinski definition) is 6. The van der Waals surface area contributed by atoms with Crippen molar-refractivity contribution in [1.82, 2.24) is 10.9 Å². The van der Waals surface area contributed by atoms with Crippen LogP contribution < -0.4 is 29.8 Å². The molecular weight excluding hydrogens is 388 g/mol. The van der Waals surface area contributed by atoms with E-state index in [1.54, 1.807) is 49.4 Å². The average molecular weight is 416 g/mol. The van der Waals surface area contributed by atoms with Gasteiger partial charge in [0, 0.05) is 5.56 Å². The Hall–Kier alpha value is -3.42. The minimum atomic E-state index is -0.817. The topological polar surface area (TPSA) is 95.1 Å². The van der Waals surface area contributed by atoms with Crippen LogP contribution in [0, 0.1) is 0 Å². The second-order valence-corrected chi connectivity index (χ2v) is 6.14. The van der Waals surface area contributed by atoms with Gasteiger partial charge in [-0.05, 0) is 70.2 Å². The van der Waals surface area contributed by atoms with Crippen molar-refractivity contribution in [2.75, 3.05) is 19.8 Å². The second-order valence-electron chi connectivity index (χ2n) is 6.14. The van der Waals surface area contributed by atoms with Crippen molar-refractivity contribution in [3.05, 3.63) is 48.0 Å². The molecular formula is C22H28N2O6. The summed E-state index contributed by atoms with van der Waals surface area (Å²) in [6.07, 6.45) is -0.817. The first-order valence-corrected chi connectivity index (χ1v) is 9.87. The van der Waals surface area contributed by atoms with Gasteiger partial charge in [-0.2, -0.15) is 0 Å². The van der Waals surface area contributed by atoms with E-state index in [0.29, 0.717) is 42.6 Å². The zero-order valence-corrected chi connectivity index (χ0v) is 17.7. The number of carbonyl (C=O) groups excluding carboxylic acids is 2. The van der Waals surface area contributed by atoms with E-state index in [4.69, 9.17) is 18.9 Å². The number of benzene rings is 2. The summed E-state index contributed by atoms with van der Waals surface area (Å²) in [5.41, 5.74) is 5.06. The van der Waals surface area contributed by atoms with E-state index >= 15 is 0 Å². The van der Waals surface area contributed by atoms with Crippen molar-refractivity contribution >= 4 is 11.8 Å². The van der Waals surface area contributed by atoms with Gasteiger partial charge in [0.2, 0.25) is 0 Å². The first-order chi connectivity index (χ1) is 14.5. The molecule has 2 N–H and O–H groups in total. The molecule has 2 amide bonds. The van der Waals surface area contributed by atoms with Gasteiger partial charge in [-0.3, -0.25) is 20.4 Å². The number of rotatable bonds is 10. The molecule has 0 aliphatic carbocycles. The number of ether oxygens (including phenoxy) is 4. The van der Waals surface area contributed by atoms with Gasteiger partial charge in [-0.25, -0.2) is 0 Å². The van der Waals surface area contributed by atoms with Crippen LogP contribution in [0.15, 0.2) is 42.5 Å². The lowest BCUT2D eigenvalue weighted by atomic mass is 10.2. The standard InChI is InChI=1S/C22H28N2O6/c1-5-27-17-9-11-18(12-10-17)30-15(4)21(25)23-24-22(26)16-8-13-19(28-6-2)20(14-16)29-7-3/h8-15H,5-7H2,1-4H3,(H,23,25)(H,24,26). The van der Waals surface area contributed by atoms with Crippen molar-refractivity contribution < 1.29 is 28.5 Å². The monoisotopic (exact) mass is 416 g/mol. The summed E-state index contributed by atoms with van der Waals surface area (Å²) in [7, 11) is 0. The minimum absolute atomic E-state index is 0.322. The highest BCUT2D eigenvalue weighted by Crippen LogP contribution is 2.28. The van der Waals surface area contributed by atoms with Gasteiger partial charge in [0.15, 0.2) is 17.6 Å². The Morgan fingerprint density at radius 3 is 2.03 bits per heavy atom. The largest absolute Gasteiger partial charge is 0.494 e. The fourth-order valence-corrected chi connectivity index (χ4v) is 2.52. The number of nitrogens with one attached hydrogen (secondary N) is 2. The second kappa shape index (κ2) is 11.5. The zero-order valence-electron chi connectivity index (χ0n) is 17.7. The highest BCUT2D eigenvalue weighted by atomic mass is 16.5. The molecule has 0 spiro atoms. The highest BCUT2D eigenvalue weighted by Gasteiger charge is 2.17. The van der Waals surface area contributed by atoms with Crippen molar-refractivity contribution in [3.8, 4) is 23.0 Å². The van der Waals surface area contributed by atoms with Crippen molar-refractivity contribution in [2.45, 2.75) is 33.8 Å². The maximum Gasteiger partial charge on any atom is 0.279 e. The molecule has 0 heterocycles. The van der Waals surface area contributed by atoms with Crippen LogP contribution in [0.25, 0.3) is 0 Å². The van der Waals surface area contributed by atoms with Crippen LogP contribution in [0.1, 0.15) is 38.1 Å². The van der Waals surface area contributed by atoms with Gasteiger partial charge in [0.1, 0.15) is 11.5 Å². The first-order valence-electron chi connectivity index (χ1n) is 9.87. The van der Waals surface area contributed by atoms with Crippen LogP contribution >= 0.6 is 0 Å². The van der Waals surface area contributed by atoms with Crippen molar-refractivity contribution in [3.63, 3.8) is 0 Å². The fourth-order valence-electron chi connectivity index (χ4n) is 2.52. The Labute approximate surface area is 176 Å². The third-order valence-corrected chi connectivity index (χ3v) is 3.92. The van der Waals surface area contributed by atoms with E-state index in [2.05, 4.69) is 10.9 Å². The Balaban J connectivity index is 1.91. The molecule has 162 valence electrons. The molecule has 2 aromatic rings. The third-order valence-electron chi connectivity index (χ3n) is 3.92. The lowest BCUT2D eigenvalue weighted by Crippen LogP contribution is -2.47. The predicted molar refractivity (Wildman–Crippen MR) is 112 cm³/mol. The molecule has 2 rings (SSSR count). The average Bonchev–Trinajstić information content (AvgIpc) is 2.74. The van der Waals surface area contributed by atoms with Crippen LogP contribution in [-0.2, 0) is 4.79 Å². The van der Waals surface area contributed by atoms with Crippen LogP contribution in [0.3, 0.4) is 0 Å². The summed E-state index contributed by atoms with van der Waals surface area (Å²) in [4.78, 5) is 24.6. The highest BCUT2D eigenvalue weighted by molar-refractivity contribution is 5.96. The Morgan fingerprint density at radius 1 is 0.800 bits per heavy atom. The minimum Gasteiger partial charge on any atom is -0.494 e. The lowest BCUT2D eigenvalue weighted by molar-refractivity contribution is -0.128. The molecule has 2 aromatic carbocycles. The fraction of sp³-hybridized carbons (Fsp3) is 0.364. The van der Waals surface area contributed by atoms with E-state index < -0.39 is 17.9 Å². The van der Waals surface area contributed by atoms with Gasteiger partial charge < -0.3 is 18.9 Å². The number of hydrazine groups is 1. The molecule has 8 heteroatoms. The van der Waals surface area contributed by atoms with E-state index in [0.717, 1.165) is 5.75 Å². The molecule has 1 unspecified atom stereocenters. The summed E-state index contributed by atoms with van der Waals surface area (Å²) in [6.45, 7) is 8.67. The van der Waals surface area contributed by atoms with Crippen LogP contribution in [-0.4, -0.2) is 37.7 Å². The van der Waals surface area contributed by atoms with Gasteiger partial charge in [0.25, 0.3) is 11.8 Å². The quantitative estimate of drug-likeness (QED) is 0.578. The predicted octanol–water partition coefficient (Wildman–Crippen LogP) is 3.11. The molecule has 0 aromatic heterocycles. The molecule has 8 nitrogen and oxygen atoms in total. The van der Waals surface area contributed by atoms with Gasteiger partial charge in [-0.1, -0.05) is 0 Å². The summed E-state index contributed by atoms with van der Waals surface area (Å²) in [5.74, 6) is 1.27. The molecule has 0 aliphatic heterocycles. The normalized spacial score (nSPS) is 11.2.